The van der Waals surface area contributed by atoms with Gasteiger partial charge in [-0.15, -0.1) is 0 Å². The first-order valence-electron chi connectivity index (χ1n) is 4.98. The van der Waals surface area contributed by atoms with E-state index in [0.29, 0.717) is 19.1 Å². The van der Waals surface area contributed by atoms with Crippen molar-refractivity contribution in [2.45, 2.75) is 26.3 Å². The van der Waals surface area contributed by atoms with Gasteiger partial charge in [-0.05, 0) is 12.3 Å². The summed E-state index contributed by atoms with van der Waals surface area (Å²) in [5.41, 5.74) is 5.76. The van der Waals surface area contributed by atoms with Crippen molar-refractivity contribution in [1.82, 2.24) is 4.90 Å². The van der Waals surface area contributed by atoms with Crippen LogP contribution in [-0.2, 0) is 9.53 Å². The Morgan fingerprint density at radius 3 is 2.50 bits per heavy atom. The van der Waals surface area contributed by atoms with Crippen molar-refractivity contribution in [3.8, 4) is 0 Å². The molecule has 0 radical (unpaired) electrons. The molecule has 14 heavy (non-hydrogen) atoms. The molecule has 0 saturated carbocycles. The van der Waals surface area contributed by atoms with Gasteiger partial charge in [-0.3, -0.25) is 4.79 Å². The van der Waals surface area contributed by atoms with Gasteiger partial charge in [0.2, 0.25) is 5.91 Å². The van der Waals surface area contributed by atoms with Crippen LogP contribution < -0.4 is 5.73 Å². The molecular formula is C10H22N2O2. The molecule has 0 aliphatic heterocycles. The standard InChI is InChI=1S/C10H22N2O2/c1-8(2)7-9(11)10(13)12(3)5-6-14-4/h8-9H,5-7,11H2,1-4H3. The fourth-order valence-electron chi connectivity index (χ4n) is 1.23. The van der Waals surface area contributed by atoms with Crippen molar-refractivity contribution < 1.29 is 9.53 Å². The number of likely N-dealkylation sites (N-methyl/N-ethyl adjacent to an activating group) is 1. The average Bonchev–Trinajstić information content (AvgIpc) is 2.11. The molecule has 0 aromatic carbocycles. The monoisotopic (exact) mass is 202 g/mol. The molecule has 0 aliphatic carbocycles. The second-order valence-corrected chi connectivity index (χ2v) is 3.99. The largest absolute Gasteiger partial charge is 0.383 e. The number of hydrogen-bond acceptors (Lipinski definition) is 3. The van der Waals surface area contributed by atoms with Crippen molar-refractivity contribution in [2.75, 3.05) is 27.3 Å². The number of carbonyl (C=O) groups is 1. The molecule has 0 rings (SSSR count). The molecule has 0 spiro atoms. The smallest absolute Gasteiger partial charge is 0.239 e. The Hall–Kier alpha value is -0.610. The molecule has 0 fully saturated rings. The lowest BCUT2D eigenvalue weighted by Crippen LogP contribution is -2.43. The van der Waals surface area contributed by atoms with Gasteiger partial charge >= 0.3 is 0 Å². The van der Waals surface area contributed by atoms with Crippen LogP contribution in [0.2, 0.25) is 0 Å². The fourth-order valence-corrected chi connectivity index (χ4v) is 1.23. The normalized spacial score (nSPS) is 13.0. The maximum atomic E-state index is 11.6. The van der Waals surface area contributed by atoms with Crippen LogP contribution >= 0.6 is 0 Å². The number of hydrogen-bond donors (Lipinski definition) is 1. The predicted octanol–water partition coefficient (Wildman–Crippen LogP) is 0.465. The zero-order chi connectivity index (χ0) is 11.1. The summed E-state index contributed by atoms with van der Waals surface area (Å²) in [5.74, 6) is 0.445. The number of rotatable bonds is 6. The lowest BCUT2D eigenvalue weighted by Gasteiger charge is -2.21. The molecule has 1 amide bonds. The second-order valence-electron chi connectivity index (χ2n) is 3.99. The molecular weight excluding hydrogens is 180 g/mol. The Balaban J connectivity index is 3.91. The van der Waals surface area contributed by atoms with Crippen LogP contribution in [0.15, 0.2) is 0 Å². The van der Waals surface area contributed by atoms with E-state index in [1.807, 2.05) is 0 Å². The zero-order valence-electron chi connectivity index (χ0n) is 9.62. The Bertz CT molecular complexity index is 172. The summed E-state index contributed by atoms with van der Waals surface area (Å²) in [4.78, 5) is 13.3. The molecule has 1 unspecified atom stereocenters. The van der Waals surface area contributed by atoms with Crippen LogP contribution in [0.4, 0.5) is 0 Å². The summed E-state index contributed by atoms with van der Waals surface area (Å²) in [6.07, 6.45) is 0.732. The van der Waals surface area contributed by atoms with Gasteiger partial charge in [-0.2, -0.15) is 0 Å². The first kappa shape index (κ1) is 13.4. The molecule has 4 heteroatoms. The Morgan fingerprint density at radius 2 is 2.07 bits per heavy atom. The highest BCUT2D eigenvalue weighted by Crippen LogP contribution is 2.04. The Kier molecular flexibility index (Phi) is 6.49. The second kappa shape index (κ2) is 6.79. The molecule has 0 heterocycles. The van der Waals surface area contributed by atoms with Gasteiger partial charge in [0.15, 0.2) is 0 Å². The first-order chi connectivity index (χ1) is 6.49. The summed E-state index contributed by atoms with van der Waals surface area (Å²) >= 11 is 0. The molecule has 4 nitrogen and oxygen atoms in total. The van der Waals surface area contributed by atoms with E-state index in [2.05, 4.69) is 13.8 Å². The highest BCUT2D eigenvalue weighted by Gasteiger charge is 2.18. The van der Waals surface area contributed by atoms with Crippen LogP contribution in [0.3, 0.4) is 0 Å². The van der Waals surface area contributed by atoms with Crippen molar-refractivity contribution in [1.29, 1.82) is 0 Å². The van der Waals surface area contributed by atoms with Crippen LogP contribution in [0.5, 0.6) is 0 Å². The number of nitrogens with two attached hydrogens (primary N) is 1. The number of ether oxygens (including phenoxy) is 1. The van der Waals surface area contributed by atoms with Crippen LogP contribution in [0.1, 0.15) is 20.3 Å². The van der Waals surface area contributed by atoms with Gasteiger partial charge < -0.3 is 15.4 Å². The Labute approximate surface area is 86.4 Å². The SMILES string of the molecule is COCCN(C)C(=O)C(N)CC(C)C. The summed E-state index contributed by atoms with van der Waals surface area (Å²) in [6, 6.07) is -0.378. The number of methoxy groups -OCH3 is 1. The molecule has 2 N–H and O–H groups in total. The maximum Gasteiger partial charge on any atom is 0.239 e. The number of carbonyl (C=O) groups excluding carboxylic acids is 1. The van der Waals surface area contributed by atoms with E-state index in [9.17, 15) is 4.79 Å². The van der Waals surface area contributed by atoms with E-state index in [4.69, 9.17) is 10.5 Å². The third-order valence-electron chi connectivity index (χ3n) is 2.05. The first-order valence-corrected chi connectivity index (χ1v) is 4.98. The van der Waals surface area contributed by atoms with E-state index in [1.54, 1.807) is 19.1 Å². The molecule has 84 valence electrons. The highest BCUT2D eigenvalue weighted by molar-refractivity contribution is 5.81. The molecule has 0 aromatic rings. The van der Waals surface area contributed by atoms with Gasteiger partial charge in [0.05, 0.1) is 12.6 Å². The summed E-state index contributed by atoms with van der Waals surface area (Å²) in [6.45, 7) is 5.27. The van der Waals surface area contributed by atoms with Crippen molar-refractivity contribution in [2.24, 2.45) is 11.7 Å². The van der Waals surface area contributed by atoms with E-state index < -0.39 is 0 Å². The van der Waals surface area contributed by atoms with Crippen molar-refractivity contribution in [3.63, 3.8) is 0 Å². The lowest BCUT2D eigenvalue weighted by molar-refractivity contribution is -0.132. The van der Waals surface area contributed by atoms with E-state index >= 15 is 0 Å². The molecule has 0 aromatic heterocycles. The molecule has 0 saturated heterocycles. The van der Waals surface area contributed by atoms with Crippen molar-refractivity contribution in [3.05, 3.63) is 0 Å². The summed E-state index contributed by atoms with van der Waals surface area (Å²) in [5, 5.41) is 0. The minimum atomic E-state index is -0.378. The average molecular weight is 202 g/mol. The topological polar surface area (TPSA) is 55.6 Å². The van der Waals surface area contributed by atoms with Crippen molar-refractivity contribution >= 4 is 5.91 Å². The van der Waals surface area contributed by atoms with E-state index in [1.165, 1.54) is 0 Å². The van der Waals surface area contributed by atoms with Crippen LogP contribution in [0.25, 0.3) is 0 Å². The van der Waals surface area contributed by atoms with E-state index in [-0.39, 0.29) is 11.9 Å². The lowest BCUT2D eigenvalue weighted by atomic mass is 10.0. The highest BCUT2D eigenvalue weighted by atomic mass is 16.5. The predicted molar refractivity (Wildman–Crippen MR) is 56.9 cm³/mol. The van der Waals surface area contributed by atoms with E-state index in [0.717, 1.165) is 6.42 Å². The quantitative estimate of drug-likeness (QED) is 0.681. The summed E-state index contributed by atoms with van der Waals surface area (Å²) < 4.78 is 4.89. The fraction of sp³-hybridized carbons (Fsp3) is 0.900. The van der Waals surface area contributed by atoms with Gasteiger partial charge in [-0.1, -0.05) is 13.8 Å². The number of amides is 1. The Morgan fingerprint density at radius 1 is 1.50 bits per heavy atom. The maximum absolute atomic E-state index is 11.6. The third kappa shape index (κ3) is 5.19. The molecule has 0 bridgehead atoms. The summed E-state index contributed by atoms with van der Waals surface area (Å²) in [7, 11) is 3.37. The molecule has 1 atom stereocenters. The number of nitrogens with zero attached hydrogens (tertiary/aromatic N) is 1. The van der Waals surface area contributed by atoms with Gasteiger partial charge in [0.1, 0.15) is 0 Å². The minimum Gasteiger partial charge on any atom is -0.383 e. The van der Waals surface area contributed by atoms with Gasteiger partial charge in [-0.25, -0.2) is 0 Å². The van der Waals surface area contributed by atoms with Gasteiger partial charge in [0, 0.05) is 20.7 Å². The minimum absolute atomic E-state index is 0.00394. The zero-order valence-corrected chi connectivity index (χ0v) is 9.62. The van der Waals surface area contributed by atoms with Crippen LogP contribution in [0, 0.1) is 5.92 Å². The van der Waals surface area contributed by atoms with Crippen LogP contribution in [-0.4, -0.2) is 44.2 Å². The molecule has 0 aliphatic rings. The third-order valence-corrected chi connectivity index (χ3v) is 2.05. The van der Waals surface area contributed by atoms with Gasteiger partial charge in [0.25, 0.3) is 0 Å².